The Morgan fingerprint density at radius 2 is 2.28 bits per heavy atom. The molecule has 2 rings (SSSR count). The number of aromatic nitrogens is 1. The van der Waals surface area contributed by atoms with Crippen molar-refractivity contribution in [2.45, 2.75) is 13.1 Å². The molecule has 0 aliphatic carbocycles. The monoisotopic (exact) mass is 243 g/mol. The summed E-state index contributed by atoms with van der Waals surface area (Å²) >= 11 is 0. The molecule has 0 saturated carbocycles. The molecule has 0 amide bonds. The van der Waals surface area contributed by atoms with Gasteiger partial charge in [-0.25, -0.2) is 0 Å². The number of benzene rings is 1. The maximum Gasteiger partial charge on any atom is 0.110 e. The summed E-state index contributed by atoms with van der Waals surface area (Å²) in [5, 5.41) is 13.2. The highest BCUT2D eigenvalue weighted by atomic mass is 16.5. The highest BCUT2D eigenvalue weighted by molar-refractivity contribution is 5.80. The minimum Gasteiger partial charge on any atom is -0.383 e. The zero-order chi connectivity index (χ0) is 12.8. The van der Waals surface area contributed by atoms with E-state index in [4.69, 9.17) is 10.00 Å². The number of nitrogens with zero attached hydrogens (tertiary/aromatic N) is 2. The third-order valence-electron chi connectivity index (χ3n) is 2.89. The van der Waals surface area contributed by atoms with Crippen molar-refractivity contribution in [3.63, 3.8) is 0 Å². The van der Waals surface area contributed by atoms with Crippen LogP contribution in [-0.4, -0.2) is 24.8 Å². The van der Waals surface area contributed by atoms with Crippen LogP contribution in [0.15, 0.2) is 30.5 Å². The van der Waals surface area contributed by atoms with Gasteiger partial charge in [0.2, 0.25) is 0 Å². The third-order valence-corrected chi connectivity index (χ3v) is 2.89. The predicted molar refractivity (Wildman–Crippen MR) is 71.1 cm³/mol. The molecule has 0 fully saturated rings. The Labute approximate surface area is 107 Å². The smallest absolute Gasteiger partial charge is 0.110 e. The average molecular weight is 243 g/mol. The Hall–Kier alpha value is -1.83. The van der Waals surface area contributed by atoms with Crippen LogP contribution in [-0.2, 0) is 17.8 Å². The van der Waals surface area contributed by atoms with E-state index in [-0.39, 0.29) is 0 Å². The van der Waals surface area contributed by atoms with Crippen LogP contribution in [0.25, 0.3) is 10.9 Å². The van der Waals surface area contributed by atoms with Crippen LogP contribution in [0.4, 0.5) is 0 Å². The Morgan fingerprint density at radius 1 is 1.39 bits per heavy atom. The summed E-state index contributed by atoms with van der Waals surface area (Å²) in [6.07, 6.45) is 1.95. The van der Waals surface area contributed by atoms with Crippen molar-refractivity contribution in [1.29, 1.82) is 5.26 Å². The molecule has 1 N–H and O–H groups in total. The van der Waals surface area contributed by atoms with E-state index in [1.807, 2.05) is 16.8 Å². The van der Waals surface area contributed by atoms with Gasteiger partial charge in [0.1, 0.15) is 6.54 Å². The van der Waals surface area contributed by atoms with Gasteiger partial charge in [-0.15, -0.1) is 0 Å². The molecule has 1 heterocycles. The van der Waals surface area contributed by atoms with Crippen molar-refractivity contribution in [2.24, 2.45) is 0 Å². The number of ether oxygens (including phenoxy) is 1. The fourth-order valence-corrected chi connectivity index (χ4v) is 1.98. The molecule has 0 unspecified atom stereocenters. The van der Waals surface area contributed by atoms with E-state index in [0.29, 0.717) is 6.54 Å². The van der Waals surface area contributed by atoms with E-state index in [9.17, 15) is 0 Å². The van der Waals surface area contributed by atoms with E-state index in [1.54, 1.807) is 7.11 Å². The number of hydrogen-bond acceptors (Lipinski definition) is 3. The number of fused-ring (bicyclic) bond motifs is 1. The van der Waals surface area contributed by atoms with Crippen molar-refractivity contribution >= 4 is 10.9 Å². The number of rotatable bonds is 6. The van der Waals surface area contributed by atoms with Gasteiger partial charge in [0.15, 0.2) is 0 Å². The van der Waals surface area contributed by atoms with Gasteiger partial charge < -0.3 is 14.6 Å². The largest absolute Gasteiger partial charge is 0.383 e. The highest BCUT2D eigenvalue weighted by Gasteiger charge is 2.01. The second kappa shape index (κ2) is 6.20. The van der Waals surface area contributed by atoms with Gasteiger partial charge in [-0.1, -0.05) is 6.07 Å². The fourth-order valence-electron chi connectivity index (χ4n) is 1.98. The molecular weight excluding hydrogens is 226 g/mol. The summed E-state index contributed by atoms with van der Waals surface area (Å²) < 4.78 is 6.94. The summed E-state index contributed by atoms with van der Waals surface area (Å²) in [4.78, 5) is 0. The first-order valence-corrected chi connectivity index (χ1v) is 5.99. The van der Waals surface area contributed by atoms with Gasteiger partial charge in [0.25, 0.3) is 0 Å². The zero-order valence-corrected chi connectivity index (χ0v) is 10.5. The molecule has 0 bridgehead atoms. The van der Waals surface area contributed by atoms with Crippen LogP contribution in [0, 0.1) is 11.3 Å². The summed E-state index contributed by atoms with van der Waals surface area (Å²) in [6, 6.07) is 10.5. The second-order valence-corrected chi connectivity index (χ2v) is 4.16. The molecule has 0 aliphatic heterocycles. The molecule has 1 aromatic carbocycles. The maximum atomic E-state index is 8.73. The molecule has 2 aromatic rings. The summed E-state index contributed by atoms with van der Waals surface area (Å²) in [5.74, 6) is 0. The van der Waals surface area contributed by atoms with Gasteiger partial charge in [-0.2, -0.15) is 5.26 Å². The molecule has 0 radical (unpaired) electrons. The second-order valence-electron chi connectivity index (χ2n) is 4.16. The van der Waals surface area contributed by atoms with Crippen molar-refractivity contribution in [3.8, 4) is 6.07 Å². The van der Waals surface area contributed by atoms with Gasteiger partial charge in [0.05, 0.1) is 12.7 Å². The molecular formula is C14H17N3O. The van der Waals surface area contributed by atoms with Gasteiger partial charge in [-0.3, -0.25) is 0 Å². The normalized spacial score (nSPS) is 10.7. The van der Waals surface area contributed by atoms with E-state index in [2.05, 4.69) is 29.6 Å². The minimum atomic E-state index is 0.398. The molecule has 94 valence electrons. The number of hydrogen-bond donors (Lipinski definition) is 1. The van der Waals surface area contributed by atoms with Crippen LogP contribution < -0.4 is 5.32 Å². The first kappa shape index (κ1) is 12.6. The van der Waals surface area contributed by atoms with Gasteiger partial charge in [0, 0.05) is 31.9 Å². The molecule has 18 heavy (non-hydrogen) atoms. The minimum absolute atomic E-state index is 0.398. The lowest BCUT2D eigenvalue weighted by molar-refractivity contribution is 0.199. The molecule has 4 heteroatoms. The highest BCUT2D eigenvalue weighted by Crippen LogP contribution is 2.17. The summed E-state index contributed by atoms with van der Waals surface area (Å²) in [6.45, 7) is 2.81. The van der Waals surface area contributed by atoms with Crippen LogP contribution in [0.2, 0.25) is 0 Å². The van der Waals surface area contributed by atoms with Crippen LogP contribution in [0.3, 0.4) is 0 Å². The first-order chi connectivity index (χ1) is 8.85. The van der Waals surface area contributed by atoms with E-state index in [1.165, 1.54) is 10.9 Å². The molecule has 0 spiro atoms. The van der Waals surface area contributed by atoms with E-state index in [0.717, 1.165) is 25.2 Å². The van der Waals surface area contributed by atoms with Gasteiger partial charge in [-0.05, 0) is 29.1 Å². The lowest BCUT2D eigenvalue weighted by atomic mass is 10.1. The molecule has 0 saturated heterocycles. The van der Waals surface area contributed by atoms with Gasteiger partial charge >= 0.3 is 0 Å². The lowest BCUT2D eigenvalue weighted by Crippen LogP contribution is -2.18. The molecule has 0 aliphatic rings. The topological polar surface area (TPSA) is 50.0 Å². The Kier molecular flexibility index (Phi) is 4.35. The molecule has 0 atom stereocenters. The van der Waals surface area contributed by atoms with Crippen molar-refractivity contribution < 1.29 is 4.74 Å². The number of nitriles is 1. The Morgan fingerprint density at radius 3 is 3.06 bits per heavy atom. The van der Waals surface area contributed by atoms with Crippen molar-refractivity contribution in [3.05, 3.63) is 36.0 Å². The Balaban J connectivity index is 2.06. The molecule has 1 aromatic heterocycles. The van der Waals surface area contributed by atoms with Crippen LogP contribution in [0.1, 0.15) is 5.56 Å². The zero-order valence-electron chi connectivity index (χ0n) is 10.5. The average Bonchev–Trinajstić information content (AvgIpc) is 2.78. The summed E-state index contributed by atoms with van der Waals surface area (Å²) in [5.41, 5.74) is 2.35. The van der Waals surface area contributed by atoms with Crippen molar-refractivity contribution in [2.75, 3.05) is 20.3 Å². The SMILES string of the molecule is COCCNCc1ccc2c(ccn2CC#N)c1. The van der Waals surface area contributed by atoms with Crippen LogP contribution >= 0.6 is 0 Å². The Bertz CT molecular complexity index is 554. The summed E-state index contributed by atoms with van der Waals surface area (Å²) in [7, 11) is 1.70. The van der Waals surface area contributed by atoms with Crippen molar-refractivity contribution in [1.82, 2.24) is 9.88 Å². The quantitative estimate of drug-likeness (QED) is 0.788. The first-order valence-electron chi connectivity index (χ1n) is 5.99. The fraction of sp³-hybridized carbons (Fsp3) is 0.357. The number of methoxy groups -OCH3 is 1. The van der Waals surface area contributed by atoms with E-state index < -0.39 is 0 Å². The maximum absolute atomic E-state index is 8.73. The van der Waals surface area contributed by atoms with E-state index >= 15 is 0 Å². The molecule has 4 nitrogen and oxygen atoms in total. The predicted octanol–water partition coefficient (Wildman–Crippen LogP) is 1.90. The third kappa shape index (κ3) is 2.89. The standard InChI is InChI=1S/C14H17N3O/c1-18-9-6-16-11-12-2-3-14-13(10-12)4-7-17(14)8-5-15/h2-4,7,10,16H,6,8-9,11H2,1H3. The lowest BCUT2D eigenvalue weighted by Gasteiger charge is -2.05. The number of nitrogens with one attached hydrogen (secondary N) is 1. The van der Waals surface area contributed by atoms with Crippen LogP contribution in [0.5, 0.6) is 0 Å².